The van der Waals surface area contributed by atoms with Gasteiger partial charge in [-0.1, -0.05) is 30.3 Å². The van der Waals surface area contributed by atoms with Crippen molar-refractivity contribution in [2.24, 2.45) is 0 Å². The quantitative estimate of drug-likeness (QED) is 0.857. The third-order valence-electron chi connectivity index (χ3n) is 3.11. The minimum Gasteiger partial charge on any atom is -0.496 e. The minimum absolute atomic E-state index is 0.130. The third kappa shape index (κ3) is 4.24. The summed E-state index contributed by atoms with van der Waals surface area (Å²) in [5.41, 5.74) is 1.59. The lowest BCUT2D eigenvalue weighted by atomic mass is 10.2. The Labute approximate surface area is 125 Å². The van der Waals surface area contributed by atoms with Gasteiger partial charge in [0.1, 0.15) is 5.75 Å². The van der Waals surface area contributed by atoms with E-state index >= 15 is 0 Å². The molecule has 110 valence electrons. The van der Waals surface area contributed by atoms with Crippen LogP contribution in [0.3, 0.4) is 0 Å². The maximum atomic E-state index is 12.2. The van der Waals surface area contributed by atoms with E-state index < -0.39 is 0 Å². The van der Waals surface area contributed by atoms with Crippen molar-refractivity contribution >= 4 is 11.6 Å². The van der Waals surface area contributed by atoms with E-state index in [2.05, 4.69) is 10.6 Å². The molecule has 21 heavy (non-hydrogen) atoms. The molecule has 0 saturated carbocycles. The van der Waals surface area contributed by atoms with Crippen molar-refractivity contribution < 1.29 is 9.53 Å². The van der Waals surface area contributed by atoms with Gasteiger partial charge in [0.25, 0.3) is 5.91 Å². The summed E-state index contributed by atoms with van der Waals surface area (Å²) in [6.07, 6.45) is 0. The number of benzene rings is 2. The standard InChI is InChI=1S/C17H20N2O2/c1-13(19-14-8-4-3-5-9-14)12-18-17(20)15-10-6-7-11-16(15)21-2/h3-11,13,19H,12H2,1-2H3,(H,18,20)/t13-/m0/s1. The van der Waals surface area contributed by atoms with Crippen molar-refractivity contribution in [1.82, 2.24) is 5.32 Å². The molecular formula is C17H20N2O2. The zero-order valence-corrected chi connectivity index (χ0v) is 12.3. The normalized spacial score (nSPS) is 11.5. The van der Waals surface area contributed by atoms with Crippen LogP contribution in [0, 0.1) is 0 Å². The molecule has 0 aliphatic carbocycles. The zero-order chi connectivity index (χ0) is 15.1. The highest BCUT2D eigenvalue weighted by atomic mass is 16.5. The van der Waals surface area contributed by atoms with Crippen LogP contribution in [0.4, 0.5) is 5.69 Å². The first-order valence-corrected chi connectivity index (χ1v) is 6.93. The molecule has 1 amide bonds. The minimum atomic E-state index is -0.130. The Bertz CT molecular complexity index is 584. The van der Waals surface area contributed by atoms with Gasteiger partial charge in [-0.2, -0.15) is 0 Å². The van der Waals surface area contributed by atoms with Gasteiger partial charge in [0.2, 0.25) is 0 Å². The number of hydrogen-bond donors (Lipinski definition) is 2. The van der Waals surface area contributed by atoms with Crippen LogP contribution in [0.5, 0.6) is 5.75 Å². The highest BCUT2D eigenvalue weighted by molar-refractivity contribution is 5.96. The first kappa shape index (κ1) is 14.9. The van der Waals surface area contributed by atoms with E-state index in [0.717, 1.165) is 5.69 Å². The van der Waals surface area contributed by atoms with Gasteiger partial charge in [-0.15, -0.1) is 0 Å². The van der Waals surface area contributed by atoms with Crippen LogP contribution in [-0.4, -0.2) is 25.6 Å². The van der Waals surface area contributed by atoms with E-state index in [1.807, 2.05) is 49.4 Å². The molecule has 4 heteroatoms. The Morgan fingerprint density at radius 2 is 1.76 bits per heavy atom. The van der Waals surface area contributed by atoms with Gasteiger partial charge in [-0.05, 0) is 31.2 Å². The molecule has 0 aromatic heterocycles. The summed E-state index contributed by atoms with van der Waals surface area (Å²) in [6, 6.07) is 17.2. The summed E-state index contributed by atoms with van der Waals surface area (Å²) in [5.74, 6) is 0.452. The number of carbonyl (C=O) groups is 1. The van der Waals surface area contributed by atoms with Crippen molar-refractivity contribution in [1.29, 1.82) is 0 Å². The molecule has 2 aromatic carbocycles. The molecule has 0 aliphatic heterocycles. The van der Waals surface area contributed by atoms with Crippen LogP contribution in [0.25, 0.3) is 0 Å². The van der Waals surface area contributed by atoms with E-state index in [9.17, 15) is 4.79 Å². The number of ether oxygens (including phenoxy) is 1. The molecule has 0 spiro atoms. The highest BCUT2D eigenvalue weighted by Crippen LogP contribution is 2.16. The number of nitrogens with one attached hydrogen (secondary N) is 2. The lowest BCUT2D eigenvalue weighted by Crippen LogP contribution is -2.34. The van der Waals surface area contributed by atoms with Crippen LogP contribution in [0.2, 0.25) is 0 Å². The number of anilines is 1. The Morgan fingerprint density at radius 3 is 2.48 bits per heavy atom. The summed E-state index contributed by atoms with van der Waals surface area (Å²) >= 11 is 0. The third-order valence-corrected chi connectivity index (χ3v) is 3.11. The van der Waals surface area contributed by atoms with Crippen LogP contribution in [-0.2, 0) is 0 Å². The number of para-hydroxylation sites is 2. The summed E-state index contributed by atoms with van der Waals surface area (Å²) < 4.78 is 5.19. The molecule has 0 unspecified atom stereocenters. The molecule has 2 aromatic rings. The molecule has 0 radical (unpaired) electrons. The molecule has 0 saturated heterocycles. The van der Waals surface area contributed by atoms with Gasteiger partial charge < -0.3 is 15.4 Å². The zero-order valence-electron chi connectivity index (χ0n) is 12.3. The van der Waals surface area contributed by atoms with E-state index in [1.54, 1.807) is 19.2 Å². The molecule has 0 bridgehead atoms. The van der Waals surface area contributed by atoms with E-state index in [-0.39, 0.29) is 11.9 Å². The van der Waals surface area contributed by atoms with Gasteiger partial charge in [0, 0.05) is 18.3 Å². The first-order valence-electron chi connectivity index (χ1n) is 6.93. The van der Waals surface area contributed by atoms with Crippen molar-refractivity contribution in [3.8, 4) is 5.75 Å². The van der Waals surface area contributed by atoms with Gasteiger partial charge in [-0.25, -0.2) is 0 Å². The highest BCUT2D eigenvalue weighted by Gasteiger charge is 2.12. The molecule has 0 heterocycles. The monoisotopic (exact) mass is 284 g/mol. The van der Waals surface area contributed by atoms with E-state index in [1.165, 1.54) is 0 Å². The average Bonchev–Trinajstić information content (AvgIpc) is 2.53. The smallest absolute Gasteiger partial charge is 0.255 e. The van der Waals surface area contributed by atoms with Crippen molar-refractivity contribution in [2.45, 2.75) is 13.0 Å². The number of rotatable bonds is 6. The lowest BCUT2D eigenvalue weighted by molar-refractivity contribution is 0.0949. The second kappa shape index (κ2) is 7.33. The summed E-state index contributed by atoms with van der Waals surface area (Å²) in [7, 11) is 1.56. The number of carbonyl (C=O) groups excluding carboxylic acids is 1. The molecule has 4 nitrogen and oxygen atoms in total. The second-order valence-electron chi connectivity index (χ2n) is 4.82. The van der Waals surface area contributed by atoms with E-state index in [4.69, 9.17) is 4.74 Å². The molecular weight excluding hydrogens is 264 g/mol. The fraction of sp³-hybridized carbons (Fsp3) is 0.235. The fourth-order valence-electron chi connectivity index (χ4n) is 2.04. The van der Waals surface area contributed by atoms with E-state index in [0.29, 0.717) is 17.9 Å². The lowest BCUT2D eigenvalue weighted by Gasteiger charge is -2.16. The summed E-state index contributed by atoms with van der Waals surface area (Å²) in [4.78, 5) is 12.2. The Balaban J connectivity index is 1.89. The largest absolute Gasteiger partial charge is 0.496 e. The first-order chi connectivity index (χ1) is 10.2. The Morgan fingerprint density at radius 1 is 1.10 bits per heavy atom. The summed E-state index contributed by atoms with van der Waals surface area (Å²) in [5, 5.41) is 6.24. The van der Waals surface area contributed by atoms with Crippen LogP contribution < -0.4 is 15.4 Å². The molecule has 2 N–H and O–H groups in total. The maximum absolute atomic E-state index is 12.2. The van der Waals surface area contributed by atoms with Gasteiger partial charge in [0.05, 0.1) is 12.7 Å². The van der Waals surface area contributed by atoms with Crippen molar-refractivity contribution in [2.75, 3.05) is 19.0 Å². The fourth-order valence-corrected chi connectivity index (χ4v) is 2.04. The predicted molar refractivity (Wildman–Crippen MR) is 84.9 cm³/mol. The average molecular weight is 284 g/mol. The molecule has 0 aliphatic rings. The van der Waals surface area contributed by atoms with Gasteiger partial charge in [0.15, 0.2) is 0 Å². The number of amides is 1. The SMILES string of the molecule is COc1ccccc1C(=O)NC[C@H](C)Nc1ccccc1. The predicted octanol–water partition coefficient (Wildman–Crippen LogP) is 2.93. The van der Waals surface area contributed by atoms with Gasteiger partial charge in [-0.3, -0.25) is 4.79 Å². The van der Waals surface area contributed by atoms with Crippen LogP contribution in [0.15, 0.2) is 54.6 Å². The van der Waals surface area contributed by atoms with Gasteiger partial charge >= 0.3 is 0 Å². The number of methoxy groups -OCH3 is 1. The van der Waals surface area contributed by atoms with Crippen LogP contribution in [0.1, 0.15) is 17.3 Å². The topological polar surface area (TPSA) is 50.4 Å². The molecule has 0 fully saturated rings. The Hall–Kier alpha value is -2.49. The summed E-state index contributed by atoms with van der Waals surface area (Å²) in [6.45, 7) is 2.56. The molecule has 2 rings (SSSR count). The number of hydrogen-bond acceptors (Lipinski definition) is 3. The van der Waals surface area contributed by atoms with Crippen LogP contribution >= 0.6 is 0 Å². The van der Waals surface area contributed by atoms with Crippen molar-refractivity contribution in [3.63, 3.8) is 0 Å². The molecule has 1 atom stereocenters. The second-order valence-corrected chi connectivity index (χ2v) is 4.82. The van der Waals surface area contributed by atoms with Crippen molar-refractivity contribution in [3.05, 3.63) is 60.2 Å². The maximum Gasteiger partial charge on any atom is 0.255 e. The Kier molecular flexibility index (Phi) is 5.21.